The molecule has 0 unspecified atom stereocenters. The Morgan fingerprint density at radius 2 is 1.74 bits per heavy atom. The Balaban J connectivity index is 1.53. The Hall–Kier alpha value is -3.72. The molecule has 0 fully saturated rings. The van der Waals surface area contributed by atoms with Crippen molar-refractivity contribution in [2.24, 2.45) is 0 Å². The Morgan fingerprint density at radius 1 is 1.03 bits per heavy atom. The number of nitro groups is 1. The van der Waals surface area contributed by atoms with E-state index >= 15 is 0 Å². The van der Waals surface area contributed by atoms with Gasteiger partial charge in [0.15, 0.2) is 0 Å². The van der Waals surface area contributed by atoms with Crippen LogP contribution in [0.1, 0.15) is 15.9 Å². The lowest BCUT2D eigenvalue weighted by Crippen LogP contribution is -2.15. The van der Waals surface area contributed by atoms with Crippen LogP contribution < -0.4 is 10.6 Å². The summed E-state index contributed by atoms with van der Waals surface area (Å²) in [5.74, 6) is -1.26. The van der Waals surface area contributed by atoms with E-state index in [1.54, 1.807) is 37.3 Å². The zero-order valence-electron chi connectivity index (χ0n) is 16.4. The maximum atomic E-state index is 13.7. The van der Waals surface area contributed by atoms with Crippen molar-refractivity contribution >= 4 is 40.6 Å². The molecule has 3 rings (SSSR count). The summed E-state index contributed by atoms with van der Waals surface area (Å²) in [4.78, 5) is 35.5. The molecule has 0 radical (unpaired) electrons. The number of nitro benzene ring substituents is 1. The summed E-state index contributed by atoms with van der Waals surface area (Å²) in [6.07, 6.45) is 0. The van der Waals surface area contributed by atoms with Crippen molar-refractivity contribution in [3.63, 3.8) is 0 Å². The number of nitrogens with zero attached hydrogens (tertiary/aromatic N) is 1. The number of thioether (sulfide) groups is 1. The minimum absolute atomic E-state index is 0.0351. The van der Waals surface area contributed by atoms with Crippen LogP contribution in [0.5, 0.6) is 0 Å². The van der Waals surface area contributed by atoms with Crippen molar-refractivity contribution in [3.8, 4) is 0 Å². The lowest BCUT2D eigenvalue weighted by Gasteiger charge is -2.09. The molecule has 0 aromatic heterocycles. The highest BCUT2D eigenvalue weighted by Crippen LogP contribution is 2.23. The Morgan fingerprint density at radius 3 is 2.39 bits per heavy atom. The quantitative estimate of drug-likeness (QED) is 0.306. The van der Waals surface area contributed by atoms with Gasteiger partial charge in [0.25, 0.3) is 11.6 Å². The Labute approximate surface area is 181 Å². The van der Waals surface area contributed by atoms with Crippen molar-refractivity contribution in [1.29, 1.82) is 0 Å². The second kappa shape index (κ2) is 9.86. The third-order valence-electron chi connectivity index (χ3n) is 4.30. The van der Waals surface area contributed by atoms with Gasteiger partial charge in [-0.05, 0) is 55.0 Å². The van der Waals surface area contributed by atoms with Crippen LogP contribution in [0.4, 0.5) is 21.5 Å². The van der Waals surface area contributed by atoms with Gasteiger partial charge in [0.05, 0.1) is 16.2 Å². The first-order valence-corrected chi connectivity index (χ1v) is 10.2. The van der Waals surface area contributed by atoms with E-state index in [1.807, 2.05) is 0 Å². The smallest absolute Gasteiger partial charge is 0.269 e. The minimum atomic E-state index is -0.596. The van der Waals surface area contributed by atoms with Crippen LogP contribution in [0.3, 0.4) is 0 Å². The number of hydrogen-bond acceptors (Lipinski definition) is 5. The first-order valence-electron chi connectivity index (χ1n) is 9.17. The average Bonchev–Trinajstić information content (AvgIpc) is 2.75. The second-order valence-electron chi connectivity index (χ2n) is 6.55. The summed E-state index contributed by atoms with van der Waals surface area (Å²) in [6, 6.07) is 16.8. The van der Waals surface area contributed by atoms with Crippen molar-refractivity contribution in [2.45, 2.75) is 11.8 Å². The van der Waals surface area contributed by atoms with Gasteiger partial charge in [-0.1, -0.05) is 12.1 Å². The lowest BCUT2D eigenvalue weighted by atomic mass is 10.2. The number of aryl methyl sites for hydroxylation is 1. The molecule has 0 heterocycles. The fraction of sp³-hybridized carbons (Fsp3) is 0.0909. The number of amides is 2. The number of rotatable bonds is 7. The number of carbonyl (C=O) groups excluding carboxylic acids is 2. The van der Waals surface area contributed by atoms with Crippen LogP contribution in [-0.4, -0.2) is 22.5 Å². The minimum Gasteiger partial charge on any atom is -0.325 e. The van der Waals surface area contributed by atoms with Crippen LogP contribution in [0, 0.1) is 22.9 Å². The van der Waals surface area contributed by atoms with E-state index in [2.05, 4.69) is 10.6 Å². The molecule has 0 atom stereocenters. The van der Waals surface area contributed by atoms with Crippen molar-refractivity contribution in [3.05, 3.63) is 93.8 Å². The molecule has 0 spiro atoms. The van der Waals surface area contributed by atoms with Gasteiger partial charge in [-0.15, -0.1) is 11.8 Å². The SMILES string of the molecule is Cc1cc([N+](=O)[O-])ccc1NC(=O)CSc1ccc(NC(=O)c2ccccc2F)cc1. The molecule has 2 amide bonds. The van der Waals surface area contributed by atoms with Crippen molar-refractivity contribution < 1.29 is 18.9 Å². The molecule has 3 aromatic rings. The Kier molecular flexibility index (Phi) is 6.99. The summed E-state index contributed by atoms with van der Waals surface area (Å²) >= 11 is 1.30. The zero-order valence-corrected chi connectivity index (χ0v) is 17.2. The standard InChI is InChI=1S/C22H18FN3O4S/c1-14-12-16(26(29)30)8-11-20(14)25-21(27)13-31-17-9-6-15(7-10-17)24-22(28)18-4-2-3-5-19(18)23/h2-12H,13H2,1H3,(H,24,28)(H,25,27). The average molecular weight is 439 g/mol. The molecule has 9 heteroatoms. The van der Waals surface area contributed by atoms with Crippen LogP contribution in [0.2, 0.25) is 0 Å². The van der Waals surface area contributed by atoms with E-state index < -0.39 is 16.6 Å². The van der Waals surface area contributed by atoms with Gasteiger partial charge in [0.2, 0.25) is 5.91 Å². The predicted molar refractivity (Wildman–Crippen MR) is 118 cm³/mol. The highest BCUT2D eigenvalue weighted by atomic mass is 32.2. The van der Waals surface area contributed by atoms with Crippen molar-refractivity contribution in [2.75, 3.05) is 16.4 Å². The van der Waals surface area contributed by atoms with Gasteiger partial charge >= 0.3 is 0 Å². The van der Waals surface area contributed by atoms with Gasteiger partial charge in [-0.3, -0.25) is 19.7 Å². The fourth-order valence-electron chi connectivity index (χ4n) is 2.72. The number of nitrogens with one attached hydrogen (secondary N) is 2. The third-order valence-corrected chi connectivity index (χ3v) is 5.31. The number of hydrogen-bond donors (Lipinski definition) is 2. The van der Waals surface area contributed by atoms with E-state index in [0.29, 0.717) is 16.9 Å². The first-order chi connectivity index (χ1) is 14.8. The summed E-state index contributed by atoms with van der Waals surface area (Å²) in [5, 5.41) is 16.2. The van der Waals surface area contributed by atoms with E-state index in [4.69, 9.17) is 0 Å². The molecule has 0 aliphatic carbocycles. The molecule has 3 aromatic carbocycles. The van der Waals surface area contributed by atoms with Crippen LogP contribution in [-0.2, 0) is 4.79 Å². The molecule has 0 aliphatic rings. The summed E-state index contributed by atoms with van der Waals surface area (Å²) < 4.78 is 13.7. The number of benzene rings is 3. The highest BCUT2D eigenvalue weighted by Gasteiger charge is 2.12. The van der Waals surface area contributed by atoms with E-state index in [-0.39, 0.29) is 22.9 Å². The maximum absolute atomic E-state index is 13.7. The summed E-state index contributed by atoms with van der Waals surface area (Å²) in [5.41, 5.74) is 1.54. The van der Waals surface area contributed by atoms with Crippen molar-refractivity contribution in [1.82, 2.24) is 0 Å². The fourth-order valence-corrected chi connectivity index (χ4v) is 3.41. The first kappa shape index (κ1) is 22.0. The largest absolute Gasteiger partial charge is 0.325 e. The van der Waals surface area contributed by atoms with Gasteiger partial charge < -0.3 is 10.6 Å². The number of halogens is 1. The lowest BCUT2D eigenvalue weighted by molar-refractivity contribution is -0.384. The van der Waals surface area contributed by atoms with Gasteiger partial charge in [-0.2, -0.15) is 0 Å². The molecule has 0 saturated carbocycles. The van der Waals surface area contributed by atoms with Gasteiger partial charge in [-0.25, -0.2) is 4.39 Å². The van der Waals surface area contributed by atoms with Crippen LogP contribution >= 0.6 is 11.8 Å². The maximum Gasteiger partial charge on any atom is 0.269 e. The number of carbonyl (C=O) groups is 2. The number of non-ortho nitro benzene ring substituents is 1. The molecular formula is C22H18FN3O4S. The molecular weight excluding hydrogens is 421 g/mol. The number of anilines is 2. The molecule has 31 heavy (non-hydrogen) atoms. The molecule has 0 aliphatic heterocycles. The van der Waals surface area contributed by atoms with Crippen LogP contribution in [0.25, 0.3) is 0 Å². The molecule has 158 valence electrons. The zero-order chi connectivity index (χ0) is 22.4. The van der Waals surface area contributed by atoms with Gasteiger partial charge in [0.1, 0.15) is 5.82 Å². The van der Waals surface area contributed by atoms with Gasteiger partial charge in [0, 0.05) is 28.4 Å². The monoisotopic (exact) mass is 439 g/mol. The predicted octanol–water partition coefficient (Wildman–Crippen LogP) is 5.03. The molecule has 2 N–H and O–H groups in total. The summed E-state index contributed by atoms with van der Waals surface area (Å²) in [6.45, 7) is 1.68. The topological polar surface area (TPSA) is 101 Å². The molecule has 0 bridgehead atoms. The van der Waals surface area contributed by atoms with E-state index in [1.165, 1.54) is 48.2 Å². The third kappa shape index (κ3) is 5.89. The highest BCUT2D eigenvalue weighted by molar-refractivity contribution is 8.00. The van der Waals surface area contributed by atoms with E-state index in [0.717, 1.165) is 4.90 Å². The normalized spacial score (nSPS) is 10.4. The molecule has 7 nitrogen and oxygen atoms in total. The van der Waals surface area contributed by atoms with Crippen LogP contribution in [0.15, 0.2) is 71.6 Å². The molecule has 0 saturated heterocycles. The summed E-state index contributed by atoms with van der Waals surface area (Å²) in [7, 11) is 0. The Bertz CT molecular complexity index is 1140. The second-order valence-corrected chi connectivity index (χ2v) is 7.60. The van der Waals surface area contributed by atoms with E-state index in [9.17, 15) is 24.1 Å².